The summed E-state index contributed by atoms with van der Waals surface area (Å²) in [4.78, 5) is 19.1. The molecule has 1 heterocycles. The lowest BCUT2D eigenvalue weighted by molar-refractivity contribution is 0.0931. The van der Waals surface area contributed by atoms with Crippen molar-refractivity contribution in [3.8, 4) is 5.75 Å². The summed E-state index contributed by atoms with van der Waals surface area (Å²) in [5.74, 6) is 0.377. The molecule has 18 heavy (non-hydrogen) atoms. The van der Waals surface area contributed by atoms with Crippen LogP contribution in [0.25, 0.3) is 0 Å². The SMILES string of the molecule is CCC(NC(=O)c1ccccc1O)c1ncc[nH]1. The molecule has 1 unspecified atom stereocenters. The molecule has 3 N–H and O–H groups in total. The van der Waals surface area contributed by atoms with E-state index >= 15 is 0 Å². The molecule has 0 aliphatic heterocycles. The highest BCUT2D eigenvalue weighted by Gasteiger charge is 2.17. The second-order valence-electron chi connectivity index (χ2n) is 3.93. The van der Waals surface area contributed by atoms with Gasteiger partial charge < -0.3 is 15.4 Å². The van der Waals surface area contributed by atoms with Crippen molar-refractivity contribution in [3.63, 3.8) is 0 Å². The Kier molecular flexibility index (Phi) is 3.62. The molecular weight excluding hydrogens is 230 g/mol. The predicted molar refractivity (Wildman–Crippen MR) is 67.2 cm³/mol. The number of imidazole rings is 1. The third-order valence-electron chi connectivity index (χ3n) is 2.71. The van der Waals surface area contributed by atoms with Crippen LogP contribution in [0, 0.1) is 0 Å². The number of nitrogens with zero attached hydrogens (tertiary/aromatic N) is 1. The average Bonchev–Trinajstić information content (AvgIpc) is 2.90. The van der Waals surface area contributed by atoms with Gasteiger partial charge in [-0.2, -0.15) is 0 Å². The molecule has 0 fully saturated rings. The van der Waals surface area contributed by atoms with Gasteiger partial charge in [0, 0.05) is 12.4 Å². The number of amides is 1. The molecule has 0 spiro atoms. The van der Waals surface area contributed by atoms with Crippen LogP contribution in [0.3, 0.4) is 0 Å². The molecule has 1 aromatic heterocycles. The van der Waals surface area contributed by atoms with Crippen LogP contribution in [0.2, 0.25) is 0 Å². The summed E-state index contributed by atoms with van der Waals surface area (Å²) in [6, 6.07) is 6.27. The zero-order valence-electron chi connectivity index (χ0n) is 10.1. The molecule has 94 valence electrons. The maximum Gasteiger partial charge on any atom is 0.255 e. The number of aromatic nitrogens is 2. The number of hydrogen-bond acceptors (Lipinski definition) is 3. The van der Waals surface area contributed by atoms with Gasteiger partial charge in [0.1, 0.15) is 11.6 Å². The highest BCUT2D eigenvalue weighted by atomic mass is 16.3. The second kappa shape index (κ2) is 5.35. The minimum absolute atomic E-state index is 0.0238. The Morgan fingerprint density at radius 3 is 2.89 bits per heavy atom. The van der Waals surface area contributed by atoms with Gasteiger partial charge in [-0.05, 0) is 18.6 Å². The van der Waals surface area contributed by atoms with Crippen LogP contribution in [0.4, 0.5) is 0 Å². The molecule has 5 nitrogen and oxygen atoms in total. The summed E-state index contributed by atoms with van der Waals surface area (Å²) >= 11 is 0. The molecule has 0 saturated carbocycles. The number of carbonyl (C=O) groups is 1. The summed E-state index contributed by atoms with van der Waals surface area (Å²) < 4.78 is 0. The average molecular weight is 245 g/mol. The minimum Gasteiger partial charge on any atom is -0.507 e. The minimum atomic E-state index is -0.309. The quantitative estimate of drug-likeness (QED) is 0.770. The zero-order chi connectivity index (χ0) is 13.0. The van der Waals surface area contributed by atoms with E-state index in [1.165, 1.54) is 6.07 Å². The Morgan fingerprint density at radius 1 is 1.50 bits per heavy atom. The standard InChI is InChI=1S/C13H15N3O2/c1-2-10(12-14-7-8-15-12)16-13(18)9-5-3-4-6-11(9)17/h3-8,10,17H,2H2,1H3,(H,14,15)(H,16,18). The first-order valence-electron chi connectivity index (χ1n) is 5.80. The normalized spacial score (nSPS) is 12.1. The molecule has 0 aliphatic carbocycles. The van der Waals surface area contributed by atoms with Gasteiger partial charge in [-0.3, -0.25) is 4.79 Å². The number of H-pyrrole nitrogens is 1. The van der Waals surface area contributed by atoms with Crippen LogP contribution in [-0.2, 0) is 0 Å². The van der Waals surface area contributed by atoms with Crippen molar-refractivity contribution in [2.75, 3.05) is 0 Å². The lowest BCUT2D eigenvalue weighted by Crippen LogP contribution is -2.28. The van der Waals surface area contributed by atoms with Crippen molar-refractivity contribution in [3.05, 3.63) is 48.0 Å². The number of rotatable bonds is 4. The van der Waals surface area contributed by atoms with E-state index in [1.807, 2.05) is 6.92 Å². The topological polar surface area (TPSA) is 78.0 Å². The summed E-state index contributed by atoms with van der Waals surface area (Å²) in [7, 11) is 0. The molecule has 2 aromatic rings. The van der Waals surface area contributed by atoms with Crippen molar-refractivity contribution >= 4 is 5.91 Å². The lowest BCUT2D eigenvalue weighted by Gasteiger charge is -2.15. The number of phenols is 1. The number of para-hydroxylation sites is 1. The van der Waals surface area contributed by atoms with Gasteiger partial charge in [-0.25, -0.2) is 4.98 Å². The van der Waals surface area contributed by atoms with Crippen LogP contribution >= 0.6 is 0 Å². The number of hydrogen-bond donors (Lipinski definition) is 3. The number of benzene rings is 1. The number of nitrogens with one attached hydrogen (secondary N) is 2. The van der Waals surface area contributed by atoms with Gasteiger partial charge >= 0.3 is 0 Å². The first-order chi connectivity index (χ1) is 8.72. The van der Waals surface area contributed by atoms with E-state index in [-0.39, 0.29) is 23.3 Å². The fraction of sp³-hybridized carbons (Fsp3) is 0.231. The Bertz CT molecular complexity index is 523. The van der Waals surface area contributed by atoms with Crippen LogP contribution < -0.4 is 5.32 Å². The summed E-state index contributed by atoms with van der Waals surface area (Å²) in [6.45, 7) is 1.96. The van der Waals surface area contributed by atoms with Gasteiger partial charge in [0.05, 0.1) is 11.6 Å². The fourth-order valence-electron chi connectivity index (χ4n) is 1.73. The second-order valence-corrected chi connectivity index (χ2v) is 3.93. The molecule has 2 rings (SSSR count). The smallest absolute Gasteiger partial charge is 0.255 e. The summed E-state index contributed by atoms with van der Waals surface area (Å²) in [6.07, 6.45) is 4.07. The zero-order valence-corrected chi connectivity index (χ0v) is 10.1. The van der Waals surface area contributed by atoms with Crippen LogP contribution in [0.1, 0.15) is 35.6 Å². The number of aromatic hydroxyl groups is 1. The molecule has 0 saturated heterocycles. The highest BCUT2D eigenvalue weighted by Crippen LogP contribution is 2.18. The molecular formula is C13H15N3O2. The van der Waals surface area contributed by atoms with Crippen molar-refractivity contribution in [1.29, 1.82) is 0 Å². The van der Waals surface area contributed by atoms with Gasteiger partial charge in [-0.1, -0.05) is 19.1 Å². The van der Waals surface area contributed by atoms with E-state index in [0.29, 0.717) is 12.2 Å². The first kappa shape index (κ1) is 12.2. The van der Waals surface area contributed by atoms with Crippen LogP contribution in [0.5, 0.6) is 5.75 Å². The summed E-state index contributed by atoms with van der Waals surface area (Å²) in [5.41, 5.74) is 0.266. The molecule has 0 radical (unpaired) electrons. The Labute approximate surface area is 105 Å². The van der Waals surface area contributed by atoms with E-state index in [4.69, 9.17) is 0 Å². The number of carbonyl (C=O) groups excluding carboxylic acids is 1. The van der Waals surface area contributed by atoms with Crippen molar-refractivity contribution in [2.45, 2.75) is 19.4 Å². The molecule has 1 aromatic carbocycles. The maximum atomic E-state index is 12.0. The van der Waals surface area contributed by atoms with E-state index < -0.39 is 0 Å². The molecule has 1 atom stereocenters. The lowest BCUT2D eigenvalue weighted by atomic mass is 10.1. The Balaban J connectivity index is 2.14. The van der Waals surface area contributed by atoms with Gasteiger partial charge in [0.2, 0.25) is 0 Å². The molecule has 5 heteroatoms. The number of phenolic OH excluding ortho intramolecular Hbond substituents is 1. The summed E-state index contributed by atoms with van der Waals surface area (Å²) in [5, 5.41) is 12.4. The molecule has 1 amide bonds. The number of aromatic amines is 1. The largest absolute Gasteiger partial charge is 0.507 e. The van der Waals surface area contributed by atoms with Crippen LogP contribution in [-0.4, -0.2) is 21.0 Å². The fourth-order valence-corrected chi connectivity index (χ4v) is 1.73. The van der Waals surface area contributed by atoms with E-state index in [0.717, 1.165) is 0 Å². The molecule has 0 bridgehead atoms. The van der Waals surface area contributed by atoms with Gasteiger partial charge in [0.15, 0.2) is 0 Å². The van der Waals surface area contributed by atoms with Gasteiger partial charge in [0.25, 0.3) is 5.91 Å². The van der Waals surface area contributed by atoms with E-state index in [1.54, 1.807) is 30.6 Å². The Hall–Kier alpha value is -2.30. The van der Waals surface area contributed by atoms with E-state index in [9.17, 15) is 9.90 Å². The predicted octanol–water partition coefficient (Wildman–Crippen LogP) is 2.00. The monoisotopic (exact) mass is 245 g/mol. The third kappa shape index (κ3) is 2.51. The van der Waals surface area contributed by atoms with Crippen molar-refractivity contribution < 1.29 is 9.90 Å². The van der Waals surface area contributed by atoms with Crippen LogP contribution in [0.15, 0.2) is 36.7 Å². The van der Waals surface area contributed by atoms with Crippen molar-refractivity contribution in [2.24, 2.45) is 0 Å². The highest BCUT2D eigenvalue weighted by molar-refractivity contribution is 5.96. The third-order valence-corrected chi connectivity index (χ3v) is 2.71. The van der Waals surface area contributed by atoms with Gasteiger partial charge in [-0.15, -0.1) is 0 Å². The van der Waals surface area contributed by atoms with E-state index in [2.05, 4.69) is 15.3 Å². The first-order valence-corrected chi connectivity index (χ1v) is 5.80. The maximum absolute atomic E-state index is 12.0. The molecule has 0 aliphatic rings. The Morgan fingerprint density at radius 2 is 2.28 bits per heavy atom. The van der Waals surface area contributed by atoms with Crippen molar-refractivity contribution in [1.82, 2.24) is 15.3 Å².